The van der Waals surface area contributed by atoms with Crippen molar-refractivity contribution in [2.75, 3.05) is 18.8 Å². The van der Waals surface area contributed by atoms with E-state index in [0.29, 0.717) is 6.42 Å². The molecule has 1 heterocycles. The summed E-state index contributed by atoms with van der Waals surface area (Å²) in [7, 11) is 0. The number of amides is 2. The summed E-state index contributed by atoms with van der Waals surface area (Å²) in [4.78, 5) is 24.9. The van der Waals surface area contributed by atoms with Crippen LogP contribution in [0.2, 0.25) is 0 Å². The fourth-order valence-corrected chi connectivity index (χ4v) is 3.37. The van der Waals surface area contributed by atoms with E-state index < -0.39 is 5.97 Å². The van der Waals surface area contributed by atoms with Gasteiger partial charge in [0.15, 0.2) is 0 Å². The van der Waals surface area contributed by atoms with Gasteiger partial charge in [-0.1, -0.05) is 27.2 Å². The molecule has 1 fully saturated rings. The van der Waals surface area contributed by atoms with Crippen molar-refractivity contribution in [1.29, 1.82) is 0 Å². The molecule has 116 valence electrons. The zero-order chi connectivity index (χ0) is 15.2. The molecule has 1 rings (SSSR count). The van der Waals surface area contributed by atoms with Gasteiger partial charge in [-0.3, -0.25) is 4.79 Å². The summed E-state index contributed by atoms with van der Waals surface area (Å²) in [6, 6.07) is -0.392. The topological polar surface area (TPSA) is 69.6 Å². The van der Waals surface area contributed by atoms with Crippen LogP contribution >= 0.6 is 11.8 Å². The van der Waals surface area contributed by atoms with Gasteiger partial charge in [-0.05, 0) is 12.8 Å². The van der Waals surface area contributed by atoms with Crippen molar-refractivity contribution in [2.45, 2.75) is 57.2 Å². The molecule has 2 amide bonds. The van der Waals surface area contributed by atoms with Gasteiger partial charge in [0, 0.05) is 29.6 Å². The molecule has 5 nitrogen and oxygen atoms in total. The van der Waals surface area contributed by atoms with Gasteiger partial charge in [-0.25, -0.2) is 4.79 Å². The van der Waals surface area contributed by atoms with Gasteiger partial charge < -0.3 is 15.3 Å². The maximum absolute atomic E-state index is 12.2. The third kappa shape index (κ3) is 6.03. The number of carbonyl (C=O) groups is 2. The Morgan fingerprint density at radius 1 is 1.40 bits per heavy atom. The first-order valence-corrected chi connectivity index (χ1v) is 8.24. The van der Waals surface area contributed by atoms with Crippen LogP contribution in [-0.2, 0) is 4.79 Å². The van der Waals surface area contributed by atoms with Gasteiger partial charge in [0.05, 0.1) is 6.42 Å². The van der Waals surface area contributed by atoms with Gasteiger partial charge in [0.25, 0.3) is 0 Å². The van der Waals surface area contributed by atoms with Gasteiger partial charge in [0.1, 0.15) is 0 Å². The van der Waals surface area contributed by atoms with Crippen molar-refractivity contribution >= 4 is 23.8 Å². The van der Waals surface area contributed by atoms with Crippen molar-refractivity contribution in [1.82, 2.24) is 10.2 Å². The van der Waals surface area contributed by atoms with Crippen LogP contribution in [0.3, 0.4) is 0 Å². The second kappa shape index (κ2) is 7.76. The van der Waals surface area contributed by atoms with Crippen LogP contribution in [0.1, 0.15) is 46.5 Å². The molecule has 0 spiro atoms. The minimum absolute atomic E-state index is 0.00629. The number of hydrogen-bond acceptors (Lipinski definition) is 3. The number of urea groups is 1. The molecule has 1 atom stereocenters. The molecule has 0 aromatic rings. The van der Waals surface area contributed by atoms with E-state index in [9.17, 15) is 9.59 Å². The third-order valence-electron chi connectivity index (χ3n) is 3.51. The third-order valence-corrected chi connectivity index (χ3v) is 4.88. The summed E-state index contributed by atoms with van der Waals surface area (Å²) in [6.45, 7) is 7.85. The standard InChI is InChI=1S/C14H26N2O3S/c1-4-5-11(10-12(17)18)15-13(19)16-7-6-14(2,3)20-9-8-16/h11H,4-10H2,1-3H3,(H,15,19)(H,17,18). The normalized spacial score (nSPS) is 20.1. The molecule has 1 saturated heterocycles. The minimum Gasteiger partial charge on any atom is -0.481 e. The Morgan fingerprint density at radius 2 is 2.10 bits per heavy atom. The molecule has 20 heavy (non-hydrogen) atoms. The van der Waals surface area contributed by atoms with Crippen LogP contribution < -0.4 is 5.32 Å². The summed E-state index contributed by atoms with van der Waals surface area (Å²) in [6.07, 6.45) is 2.52. The van der Waals surface area contributed by atoms with Crippen molar-refractivity contribution in [2.24, 2.45) is 0 Å². The highest BCUT2D eigenvalue weighted by Gasteiger charge is 2.27. The zero-order valence-corrected chi connectivity index (χ0v) is 13.5. The summed E-state index contributed by atoms with van der Waals surface area (Å²) in [5, 5.41) is 11.8. The van der Waals surface area contributed by atoms with Gasteiger partial charge >= 0.3 is 12.0 Å². The second-order valence-electron chi connectivity index (χ2n) is 5.88. The first-order chi connectivity index (χ1) is 9.34. The molecule has 0 aromatic heterocycles. The number of hydrogen-bond donors (Lipinski definition) is 2. The number of carbonyl (C=O) groups excluding carboxylic acids is 1. The molecule has 2 N–H and O–H groups in total. The van der Waals surface area contributed by atoms with Crippen molar-refractivity contribution in [3.63, 3.8) is 0 Å². The number of rotatable bonds is 5. The summed E-state index contributed by atoms with van der Waals surface area (Å²) >= 11 is 1.89. The van der Waals surface area contributed by atoms with E-state index >= 15 is 0 Å². The van der Waals surface area contributed by atoms with Crippen molar-refractivity contribution in [3.8, 4) is 0 Å². The molecular formula is C14H26N2O3S. The maximum atomic E-state index is 12.2. The Labute approximate surface area is 125 Å². The largest absolute Gasteiger partial charge is 0.481 e. The first-order valence-electron chi connectivity index (χ1n) is 7.25. The maximum Gasteiger partial charge on any atom is 0.317 e. The van der Waals surface area contributed by atoms with Crippen molar-refractivity contribution < 1.29 is 14.7 Å². The number of carboxylic acid groups (broad SMARTS) is 1. The van der Waals surface area contributed by atoms with Gasteiger partial charge in [-0.2, -0.15) is 11.8 Å². The molecule has 0 aromatic carbocycles. The second-order valence-corrected chi connectivity index (χ2v) is 7.68. The van der Waals surface area contributed by atoms with Crippen molar-refractivity contribution in [3.05, 3.63) is 0 Å². The lowest BCUT2D eigenvalue weighted by Crippen LogP contribution is -2.46. The molecule has 1 unspecified atom stereocenters. The minimum atomic E-state index is -0.865. The highest BCUT2D eigenvalue weighted by atomic mass is 32.2. The summed E-state index contributed by atoms with van der Waals surface area (Å²) in [5.74, 6) is 0.0638. The molecule has 0 saturated carbocycles. The fourth-order valence-electron chi connectivity index (χ4n) is 2.27. The lowest BCUT2D eigenvalue weighted by Gasteiger charge is -2.25. The van der Waals surface area contributed by atoms with E-state index in [2.05, 4.69) is 19.2 Å². The predicted molar refractivity (Wildman–Crippen MR) is 82.2 cm³/mol. The number of aliphatic carboxylic acids is 1. The van der Waals surface area contributed by atoms with Gasteiger partial charge in [-0.15, -0.1) is 0 Å². The summed E-state index contributed by atoms with van der Waals surface area (Å²) in [5.41, 5.74) is 0. The van der Waals surface area contributed by atoms with Crippen LogP contribution in [-0.4, -0.2) is 51.6 Å². The SMILES string of the molecule is CCCC(CC(=O)O)NC(=O)N1CCSC(C)(C)CC1. The van der Waals surface area contributed by atoms with E-state index in [0.717, 1.165) is 31.7 Å². The smallest absolute Gasteiger partial charge is 0.317 e. The van der Waals surface area contributed by atoms with E-state index in [1.54, 1.807) is 0 Å². The first kappa shape index (κ1) is 17.1. The number of nitrogens with zero attached hydrogens (tertiary/aromatic N) is 1. The van der Waals surface area contributed by atoms with Crippen LogP contribution in [0.25, 0.3) is 0 Å². The average Bonchev–Trinajstić information content (AvgIpc) is 2.49. The van der Waals surface area contributed by atoms with Crippen LogP contribution in [0.4, 0.5) is 4.79 Å². The number of nitrogens with one attached hydrogen (secondary N) is 1. The Balaban J connectivity index is 2.53. The Kier molecular flexibility index (Phi) is 6.65. The Bertz CT molecular complexity index is 347. The molecule has 0 aliphatic carbocycles. The predicted octanol–water partition coefficient (Wildman–Crippen LogP) is 2.56. The molecular weight excluding hydrogens is 276 g/mol. The number of thioether (sulfide) groups is 1. The highest BCUT2D eigenvalue weighted by molar-refractivity contribution is 8.00. The number of carboxylic acids is 1. The monoisotopic (exact) mass is 302 g/mol. The van der Waals surface area contributed by atoms with E-state index in [1.165, 1.54) is 0 Å². The molecule has 0 radical (unpaired) electrons. The zero-order valence-electron chi connectivity index (χ0n) is 12.6. The molecule has 1 aliphatic heterocycles. The van der Waals surface area contributed by atoms with E-state index in [-0.39, 0.29) is 23.2 Å². The van der Waals surface area contributed by atoms with Crippen LogP contribution in [0, 0.1) is 0 Å². The fraction of sp³-hybridized carbons (Fsp3) is 0.857. The molecule has 1 aliphatic rings. The van der Waals surface area contributed by atoms with Crippen LogP contribution in [0.5, 0.6) is 0 Å². The highest BCUT2D eigenvalue weighted by Crippen LogP contribution is 2.30. The van der Waals surface area contributed by atoms with E-state index in [4.69, 9.17) is 5.11 Å². The average molecular weight is 302 g/mol. The van der Waals surface area contributed by atoms with E-state index in [1.807, 2.05) is 23.6 Å². The quantitative estimate of drug-likeness (QED) is 0.819. The lowest BCUT2D eigenvalue weighted by molar-refractivity contribution is -0.137. The lowest BCUT2D eigenvalue weighted by atomic mass is 10.1. The summed E-state index contributed by atoms with van der Waals surface area (Å²) < 4.78 is 0.207. The van der Waals surface area contributed by atoms with Crippen LogP contribution in [0.15, 0.2) is 0 Å². The Morgan fingerprint density at radius 3 is 2.70 bits per heavy atom. The Hall–Kier alpha value is -0.910. The van der Waals surface area contributed by atoms with Gasteiger partial charge in [0.2, 0.25) is 0 Å². The molecule has 6 heteroatoms. The molecule has 0 bridgehead atoms.